The van der Waals surface area contributed by atoms with Gasteiger partial charge in [-0.3, -0.25) is 9.10 Å². The summed E-state index contributed by atoms with van der Waals surface area (Å²) in [5.41, 5.74) is 0.621. The lowest BCUT2D eigenvalue weighted by molar-refractivity contribution is -0.113. The normalized spacial score (nSPS) is 15.4. The van der Waals surface area contributed by atoms with Crippen LogP contribution in [0, 0.1) is 6.92 Å². The number of rotatable bonds is 2. The molecule has 0 radical (unpaired) electrons. The number of carbonyl (C=O) groups is 1. The van der Waals surface area contributed by atoms with Crippen LogP contribution < -0.4 is 5.32 Å². The number of aliphatic hydroxyl groups is 1. The second kappa shape index (κ2) is 6.35. The molecule has 0 atom stereocenters. The zero-order chi connectivity index (χ0) is 20.1. The fraction of sp³-hybridized carbons (Fsp3) is 0.100. The fourth-order valence-corrected chi connectivity index (χ4v) is 4.86. The van der Waals surface area contributed by atoms with Gasteiger partial charge in [0.15, 0.2) is 11.5 Å². The van der Waals surface area contributed by atoms with Gasteiger partial charge in [0.05, 0.1) is 0 Å². The number of aryl methyl sites for hydroxylation is 1. The van der Waals surface area contributed by atoms with Gasteiger partial charge in [0.1, 0.15) is 10.7 Å². The van der Waals surface area contributed by atoms with Gasteiger partial charge < -0.3 is 10.4 Å². The van der Waals surface area contributed by atoms with Crippen molar-refractivity contribution in [2.45, 2.75) is 11.8 Å². The number of sulfonamides is 1. The highest BCUT2D eigenvalue weighted by molar-refractivity contribution is 7.89. The van der Waals surface area contributed by atoms with Crippen molar-refractivity contribution < 1.29 is 18.3 Å². The molecule has 3 aromatic rings. The smallest absolute Gasteiger partial charge is 0.277 e. The molecule has 8 heteroatoms. The largest absolute Gasteiger partial charge is 0.505 e. The number of likely N-dealkylation sites (N-methyl/N-ethyl adjacent to an activating group) is 1. The Morgan fingerprint density at radius 3 is 2.64 bits per heavy atom. The summed E-state index contributed by atoms with van der Waals surface area (Å²) in [6, 6.07) is 13.6. The third-order valence-corrected chi connectivity index (χ3v) is 6.52. The minimum atomic E-state index is -4.04. The molecule has 2 heterocycles. The standard InChI is InChI=1S/C20H17N3O4S/c1-12-9-10-21-16(11-12)22-20(25)17-18(24)15-8-7-13-5-3-4-6-14(13)19(15)28(26,27)23(17)2/h3-11,24H,1-2H3,(H,21,22,25). The molecule has 28 heavy (non-hydrogen) atoms. The first-order chi connectivity index (χ1) is 13.3. The molecule has 0 fully saturated rings. The predicted molar refractivity (Wildman–Crippen MR) is 106 cm³/mol. The number of aliphatic hydroxyl groups excluding tert-OH is 1. The summed E-state index contributed by atoms with van der Waals surface area (Å²) in [6.45, 7) is 1.84. The highest BCUT2D eigenvalue weighted by atomic mass is 32.2. The third kappa shape index (κ3) is 2.69. The second-order valence-electron chi connectivity index (χ2n) is 6.51. The van der Waals surface area contributed by atoms with E-state index in [1.807, 2.05) is 6.92 Å². The highest BCUT2D eigenvalue weighted by Crippen LogP contribution is 2.39. The van der Waals surface area contributed by atoms with Gasteiger partial charge in [-0.2, -0.15) is 0 Å². The Hall–Kier alpha value is -3.39. The Kier molecular flexibility index (Phi) is 4.08. The van der Waals surface area contributed by atoms with E-state index in [4.69, 9.17) is 0 Å². The highest BCUT2D eigenvalue weighted by Gasteiger charge is 2.39. The Morgan fingerprint density at radius 1 is 1.14 bits per heavy atom. The molecule has 0 saturated carbocycles. The van der Waals surface area contributed by atoms with Crippen LogP contribution in [0.2, 0.25) is 0 Å². The lowest BCUT2D eigenvalue weighted by atomic mass is 10.0. The molecule has 0 spiro atoms. The fourth-order valence-electron chi connectivity index (χ4n) is 3.27. The molecule has 4 rings (SSSR count). The monoisotopic (exact) mass is 395 g/mol. The SMILES string of the molecule is Cc1ccnc(NC(=O)C2=C(O)c3ccc4ccccc4c3S(=O)(=O)N2C)c1. The van der Waals surface area contributed by atoms with Gasteiger partial charge in [-0.25, -0.2) is 13.4 Å². The van der Waals surface area contributed by atoms with E-state index in [1.165, 1.54) is 19.3 Å². The molecule has 1 aliphatic rings. The first kappa shape index (κ1) is 18.0. The van der Waals surface area contributed by atoms with Crippen LogP contribution in [0.4, 0.5) is 5.82 Å². The van der Waals surface area contributed by atoms with Crippen LogP contribution >= 0.6 is 0 Å². The number of benzene rings is 2. The van der Waals surface area contributed by atoms with Crippen molar-refractivity contribution in [2.24, 2.45) is 0 Å². The second-order valence-corrected chi connectivity index (χ2v) is 8.41. The lowest BCUT2D eigenvalue weighted by Crippen LogP contribution is -2.37. The van der Waals surface area contributed by atoms with Gasteiger partial charge in [-0.1, -0.05) is 30.3 Å². The first-order valence-corrected chi connectivity index (χ1v) is 9.93. The summed E-state index contributed by atoms with van der Waals surface area (Å²) in [5.74, 6) is -0.899. The molecule has 7 nitrogen and oxygen atoms in total. The van der Waals surface area contributed by atoms with E-state index in [1.54, 1.807) is 42.5 Å². The third-order valence-electron chi connectivity index (χ3n) is 4.66. The number of anilines is 1. The van der Waals surface area contributed by atoms with E-state index < -0.39 is 21.7 Å². The van der Waals surface area contributed by atoms with Crippen LogP contribution in [0.15, 0.2) is 65.3 Å². The van der Waals surface area contributed by atoms with Crippen molar-refractivity contribution in [2.75, 3.05) is 12.4 Å². The van der Waals surface area contributed by atoms with Gasteiger partial charge in [0, 0.05) is 24.2 Å². The molecular weight excluding hydrogens is 378 g/mol. The molecule has 0 saturated heterocycles. The number of hydrogen-bond donors (Lipinski definition) is 2. The summed E-state index contributed by atoms with van der Waals surface area (Å²) in [7, 11) is -2.80. The van der Waals surface area contributed by atoms with Gasteiger partial charge in [0.2, 0.25) is 0 Å². The maximum atomic E-state index is 13.2. The van der Waals surface area contributed by atoms with E-state index in [-0.39, 0.29) is 22.0 Å². The van der Waals surface area contributed by atoms with E-state index >= 15 is 0 Å². The molecule has 1 aliphatic heterocycles. The number of carbonyl (C=O) groups excluding carboxylic acids is 1. The zero-order valence-electron chi connectivity index (χ0n) is 15.2. The minimum Gasteiger partial charge on any atom is -0.505 e. The van der Waals surface area contributed by atoms with Crippen molar-refractivity contribution >= 4 is 38.3 Å². The maximum Gasteiger partial charge on any atom is 0.277 e. The molecule has 0 aliphatic carbocycles. The van der Waals surface area contributed by atoms with Gasteiger partial charge in [0.25, 0.3) is 15.9 Å². The van der Waals surface area contributed by atoms with Gasteiger partial charge in [-0.15, -0.1) is 0 Å². The first-order valence-electron chi connectivity index (χ1n) is 8.49. The summed E-state index contributed by atoms with van der Waals surface area (Å²) in [4.78, 5) is 16.8. The Balaban J connectivity index is 1.89. The van der Waals surface area contributed by atoms with Crippen LogP contribution in [-0.4, -0.2) is 35.8 Å². The van der Waals surface area contributed by atoms with Crippen molar-refractivity contribution in [1.82, 2.24) is 9.29 Å². The van der Waals surface area contributed by atoms with E-state index in [0.717, 1.165) is 15.3 Å². The molecule has 1 amide bonds. The molecule has 0 unspecified atom stereocenters. The molecule has 0 bridgehead atoms. The molecule has 1 aromatic heterocycles. The van der Waals surface area contributed by atoms with E-state index in [2.05, 4.69) is 10.3 Å². The van der Waals surface area contributed by atoms with Crippen molar-refractivity contribution in [3.8, 4) is 0 Å². The maximum absolute atomic E-state index is 13.2. The quantitative estimate of drug-likeness (QED) is 0.695. The number of nitrogens with zero attached hydrogens (tertiary/aromatic N) is 2. The molecule has 2 N–H and O–H groups in total. The van der Waals surface area contributed by atoms with Crippen molar-refractivity contribution in [3.05, 3.63) is 71.6 Å². The molecular formula is C20H17N3O4S. The minimum absolute atomic E-state index is 0.0177. The van der Waals surface area contributed by atoms with Crippen LogP contribution in [0.5, 0.6) is 0 Å². The Labute approximate surface area is 162 Å². The number of hydrogen-bond acceptors (Lipinski definition) is 5. The Morgan fingerprint density at radius 2 is 1.89 bits per heavy atom. The summed E-state index contributed by atoms with van der Waals surface area (Å²) in [5, 5.41) is 14.5. The average Bonchev–Trinajstić information content (AvgIpc) is 2.66. The number of amides is 1. The summed E-state index contributed by atoms with van der Waals surface area (Å²) in [6.07, 6.45) is 1.53. The van der Waals surface area contributed by atoms with Gasteiger partial charge >= 0.3 is 0 Å². The summed E-state index contributed by atoms with van der Waals surface area (Å²) >= 11 is 0. The lowest BCUT2D eigenvalue weighted by Gasteiger charge is -2.29. The predicted octanol–water partition coefficient (Wildman–Crippen LogP) is 3.04. The molecule has 142 valence electrons. The van der Waals surface area contributed by atoms with Crippen LogP contribution in [-0.2, 0) is 14.8 Å². The van der Waals surface area contributed by atoms with Gasteiger partial charge in [-0.05, 0) is 36.1 Å². The van der Waals surface area contributed by atoms with Crippen LogP contribution in [0.25, 0.3) is 16.5 Å². The number of aromatic nitrogens is 1. The number of fused-ring (bicyclic) bond motifs is 3. The topological polar surface area (TPSA) is 99.6 Å². The van der Waals surface area contributed by atoms with Crippen LogP contribution in [0.3, 0.4) is 0 Å². The zero-order valence-corrected chi connectivity index (χ0v) is 16.0. The van der Waals surface area contributed by atoms with Crippen LogP contribution in [0.1, 0.15) is 11.1 Å². The number of nitrogens with one attached hydrogen (secondary N) is 1. The molecule has 2 aromatic carbocycles. The summed E-state index contributed by atoms with van der Waals surface area (Å²) < 4.78 is 27.1. The average molecular weight is 395 g/mol. The Bertz CT molecular complexity index is 1270. The van der Waals surface area contributed by atoms with E-state index in [0.29, 0.717) is 5.39 Å². The van der Waals surface area contributed by atoms with Crippen molar-refractivity contribution in [3.63, 3.8) is 0 Å². The number of pyridine rings is 1. The van der Waals surface area contributed by atoms with Crippen molar-refractivity contribution in [1.29, 1.82) is 0 Å². The van der Waals surface area contributed by atoms with E-state index in [9.17, 15) is 18.3 Å².